The summed E-state index contributed by atoms with van der Waals surface area (Å²) in [5.41, 5.74) is 7.17. The Morgan fingerprint density at radius 1 is 1.03 bits per heavy atom. The van der Waals surface area contributed by atoms with E-state index in [-0.39, 0.29) is 11.2 Å². The number of carbonyl (C=O) groups excluding carboxylic acids is 1. The van der Waals surface area contributed by atoms with Gasteiger partial charge in [-0.3, -0.25) is 9.48 Å². The van der Waals surface area contributed by atoms with Crippen LogP contribution in [0.2, 0.25) is 0 Å². The van der Waals surface area contributed by atoms with Crippen LogP contribution in [0.5, 0.6) is 0 Å². The summed E-state index contributed by atoms with van der Waals surface area (Å²) in [6.07, 6.45) is 8.37. The lowest BCUT2D eigenvalue weighted by Crippen LogP contribution is -2.09. The number of ketones is 1. The molecule has 0 fully saturated rings. The van der Waals surface area contributed by atoms with E-state index in [0.29, 0.717) is 12.8 Å². The molecular formula is C28H30N6OS. The average Bonchev–Trinajstić information content (AvgIpc) is 3.57. The maximum Gasteiger partial charge on any atom is 0.174 e. The molecule has 5 rings (SSSR count). The SMILES string of the molecule is Cc1cc(-c2ncnc3c2cc(-c2cnn(C)c2)n3C)ccc1CCC(=O)c1cnc(C(C)(C)C)s1. The number of thiazole rings is 1. The predicted octanol–water partition coefficient (Wildman–Crippen LogP) is 5.91. The van der Waals surface area contributed by atoms with Gasteiger partial charge in [0.05, 0.1) is 27.5 Å². The molecule has 0 aliphatic carbocycles. The Bertz CT molecular complexity index is 1580. The minimum Gasteiger partial charge on any atom is -0.328 e. The van der Waals surface area contributed by atoms with E-state index in [4.69, 9.17) is 0 Å². The third kappa shape index (κ3) is 4.48. The zero-order chi connectivity index (χ0) is 25.6. The van der Waals surface area contributed by atoms with E-state index in [1.807, 2.05) is 26.5 Å². The molecule has 4 heterocycles. The lowest BCUT2D eigenvalue weighted by Gasteiger charge is -2.13. The van der Waals surface area contributed by atoms with Crippen molar-refractivity contribution in [3.05, 3.63) is 70.2 Å². The van der Waals surface area contributed by atoms with Gasteiger partial charge >= 0.3 is 0 Å². The van der Waals surface area contributed by atoms with Crippen LogP contribution in [0.3, 0.4) is 0 Å². The van der Waals surface area contributed by atoms with Crippen molar-refractivity contribution in [1.29, 1.82) is 0 Å². The number of aromatic nitrogens is 6. The summed E-state index contributed by atoms with van der Waals surface area (Å²) in [7, 11) is 3.93. The summed E-state index contributed by atoms with van der Waals surface area (Å²) in [6.45, 7) is 8.45. The van der Waals surface area contributed by atoms with Gasteiger partial charge in [0, 0.05) is 54.8 Å². The van der Waals surface area contributed by atoms with Gasteiger partial charge in [-0.1, -0.05) is 32.9 Å². The van der Waals surface area contributed by atoms with Crippen molar-refractivity contribution in [2.24, 2.45) is 14.1 Å². The molecule has 0 aliphatic rings. The van der Waals surface area contributed by atoms with Crippen LogP contribution in [0.25, 0.3) is 33.5 Å². The lowest BCUT2D eigenvalue weighted by atomic mass is 9.98. The predicted molar refractivity (Wildman–Crippen MR) is 144 cm³/mol. The van der Waals surface area contributed by atoms with Crippen molar-refractivity contribution in [1.82, 2.24) is 29.3 Å². The van der Waals surface area contributed by atoms with Crippen molar-refractivity contribution >= 4 is 28.2 Å². The maximum absolute atomic E-state index is 12.8. The monoisotopic (exact) mass is 498 g/mol. The van der Waals surface area contributed by atoms with Crippen molar-refractivity contribution in [2.75, 3.05) is 0 Å². The van der Waals surface area contributed by atoms with Crippen LogP contribution in [0.4, 0.5) is 0 Å². The van der Waals surface area contributed by atoms with Crippen molar-refractivity contribution < 1.29 is 4.79 Å². The largest absolute Gasteiger partial charge is 0.328 e. The van der Waals surface area contributed by atoms with Crippen LogP contribution in [0, 0.1) is 6.92 Å². The number of aryl methyl sites for hydroxylation is 4. The fourth-order valence-corrected chi connectivity index (χ4v) is 5.38. The summed E-state index contributed by atoms with van der Waals surface area (Å²) in [6, 6.07) is 8.49. The van der Waals surface area contributed by atoms with Gasteiger partial charge in [0.2, 0.25) is 0 Å². The zero-order valence-corrected chi connectivity index (χ0v) is 22.3. The number of hydrogen-bond donors (Lipinski definition) is 0. The van der Waals surface area contributed by atoms with Gasteiger partial charge < -0.3 is 4.57 Å². The Kier molecular flexibility index (Phi) is 6.08. The molecule has 1 aromatic carbocycles. The highest BCUT2D eigenvalue weighted by Crippen LogP contribution is 2.33. The van der Waals surface area contributed by atoms with Gasteiger partial charge in [0.1, 0.15) is 12.0 Å². The first kappa shape index (κ1) is 24.1. The number of carbonyl (C=O) groups is 1. The molecule has 5 aromatic rings. The summed E-state index contributed by atoms with van der Waals surface area (Å²) in [4.78, 5) is 27.2. The highest BCUT2D eigenvalue weighted by molar-refractivity contribution is 7.13. The van der Waals surface area contributed by atoms with Gasteiger partial charge in [0.15, 0.2) is 5.78 Å². The summed E-state index contributed by atoms with van der Waals surface area (Å²) in [5.74, 6) is 0.149. The molecule has 0 saturated heterocycles. The van der Waals surface area contributed by atoms with Crippen LogP contribution in [0.1, 0.15) is 53.0 Å². The minimum absolute atomic E-state index is 0.0421. The first-order chi connectivity index (χ1) is 17.1. The van der Waals surface area contributed by atoms with E-state index in [1.54, 1.807) is 17.2 Å². The van der Waals surface area contributed by atoms with Gasteiger partial charge in [-0.25, -0.2) is 15.0 Å². The van der Waals surface area contributed by atoms with E-state index >= 15 is 0 Å². The third-order valence-electron chi connectivity index (χ3n) is 6.48. The van der Waals surface area contributed by atoms with Crippen molar-refractivity contribution in [2.45, 2.75) is 46.0 Å². The molecule has 0 spiro atoms. The maximum atomic E-state index is 12.8. The highest BCUT2D eigenvalue weighted by Gasteiger charge is 2.21. The topological polar surface area (TPSA) is 78.5 Å². The fourth-order valence-electron chi connectivity index (χ4n) is 4.44. The molecule has 4 aromatic heterocycles. The zero-order valence-electron chi connectivity index (χ0n) is 21.5. The molecule has 0 unspecified atom stereocenters. The Balaban J connectivity index is 1.39. The number of nitrogens with zero attached hydrogens (tertiary/aromatic N) is 6. The van der Waals surface area contributed by atoms with Gasteiger partial charge in [0.25, 0.3) is 0 Å². The molecule has 0 atom stereocenters. The molecule has 8 heteroatoms. The Hall–Kier alpha value is -3.65. The molecule has 36 heavy (non-hydrogen) atoms. The van der Waals surface area contributed by atoms with E-state index in [0.717, 1.165) is 49.0 Å². The average molecular weight is 499 g/mol. The van der Waals surface area contributed by atoms with Crippen LogP contribution in [-0.4, -0.2) is 35.1 Å². The number of fused-ring (bicyclic) bond motifs is 1. The summed E-state index contributed by atoms with van der Waals surface area (Å²) >= 11 is 1.51. The standard InChI is InChI=1S/C28H30N6OS/c1-17-11-19(8-7-18(17)9-10-23(35)24-14-29-27(36-24)28(2,3)4)25-21-12-22(20-13-32-33(5)15-20)34(6)26(21)31-16-30-25/h7-8,11-16H,9-10H2,1-6H3. The molecular weight excluding hydrogens is 468 g/mol. The lowest BCUT2D eigenvalue weighted by molar-refractivity contribution is 0.0986. The Labute approximate surface area is 214 Å². The second kappa shape index (κ2) is 9.09. The van der Waals surface area contributed by atoms with Crippen LogP contribution >= 0.6 is 11.3 Å². The first-order valence-electron chi connectivity index (χ1n) is 12.0. The highest BCUT2D eigenvalue weighted by atomic mass is 32.1. The molecule has 0 saturated carbocycles. The quantitative estimate of drug-likeness (QED) is 0.272. The normalized spacial score (nSPS) is 11.9. The smallest absolute Gasteiger partial charge is 0.174 e. The van der Waals surface area contributed by atoms with E-state index < -0.39 is 0 Å². The molecule has 7 nitrogen and oxygen atoms in total. The number of Topliss-reactive ketones (excluding diaryl/α,β-unsaturated/α-hetero) is 1. The van der Waals surface area contributed by atoms with Crippen LogP contribution in [-0.2, 0) is 25.9 Å². The van der Waals surface area contributed by atoms with Gasteiger partial charge in [-0.2, -0.15) is 5.10 Å². The molecule has 0 aliphatic heterocycles. The second-order valence-electron chi connectivity index (χ2n) is 10.3. The second-order valence-corrected chi connectivity index (χ2v) is 11.3. The first-order valence-corrected chi connectivity index (χ1v) is 12.8. The van der Waals surface area contributed by atoms with Crippen molar-refractivity contribution in [3.8, 4) is 22.5 Å². The van der Waals surface area contributed by atoms with E-state index in [9.17, 15) is 4.79 Å². The number of rotatable bonds is 6. The van der Waals surface area contributed by atoms with Gasteiger partial charge in [-0.15, -0.1) is 11.3 Å². The van der Waals surface area contributed by atoms with Gasteiger partial charge in [-0.05, 0) is 36.6 Å². The summed E-state index contributed by atoms with van der Waals surface area (Å²) in [5, 5.41) is 6.30. The number of hydrogen-bond acceptors (Lipinski definition) is 6. The molecule has 184 valence electrons. The van der Waals surface area contributed by atoms with Crippen molar-refractivity contribution in [3.63, 3.8) is 0 Å². The summed E-state index contributed by atoms with van der Waals surface area (Å²) < 4.78 is 3.87. The Morgan fingerprint density at radius 3 is 2.50 bits per heavy atom. The van der Waals surface area contributed by atoms with Crippen LogP contribution in [0.15, 0.2) is 49.2 Å². The van der Waals surface area contributed by atoms with Crippen LogP contribution < -0.4 is 0 Å². The van der Waals surface area contributed by atoms with E-state index in [2.05, 4.69) is 76.6 Å². The molecule has 0 bridgehead atoms. The number of benzene rings is 1. The molecule has 0 amide bonds. The fraction of sp³-hybridized carbons (Fsp3) is 0.321. The molecule has 0 N–H and O–H groups in total. The minimum atomic E-state index is -0.0421. The third-order valence-corrected chi connectivity index (χ3v) is 7.95. The molecule has 0 radical (unpaired) electrons. The Morgan fingerprint density at radius 2 is 1.83 bits per heavy atom. The van der Waals surface area contributed by atoms with E-state index in [1.165, 1.54) is 16.9 Å².